The highest BCUT2D eigenvalue weighted by atomic mass is 16.4. The van der Waals surface area contributed by atoms with Gasteiger partial charge in [0.2, 0.25) is 5.91 Å². The molecule has 0 spiro atoms. The molecule has 1 amide bonds. The van der Waals surface area contributed by atoms with Gasteiger partial charge in [0.15, 0.2) is 0 Å². The van der Waals surface area contributed by atoms with Gasteiger partial charge in [-0.15, -0.1) is 0 Å². The molecule has 3 N–H and O–H groups in total. The summed E-state index contributed by atoms with van der Waals surface area (Å²) in [6.45, 7) is 0.495. The number of carboxylic acid groups (broad SMARTS) is 1. The van der Waals surface area contributed by atoms with Crippen LogP contribution in [0.2, 0.25) is 0 Å². The summed E-state index contributed by atoms with van der Waals surface area (Å²) < 4.78 is 0. The van der Waals surface area contributed by atoms with Crippen molar-refractivity contribution in [3.05, 3.63) is 17.7 Å². The molecule has 102 valence electrons. The van der Waals surface area contributed by atoms with Gasteiger partial charge < -0.3 is 20.3 Å². The minimum atomic E-state index is -0.978. The number of aromatic nitrogens is 2. The topological polar surface area (TPSA) is 98.3 Å². The van der Waals surface area contributed by atoms with Gasteiger partial charge in [0.25, 0.3) is 0 Å². The Morgan fingerprint density at radius 3 is 3.00 bits per heavy atom. The smallest absolute Gasteiger partial charge is 0.326 e. The van der Waals surface area contributed by atoms with Gasteiger partial charge in [-0.3, -0.25) is 4.79 Å². The number of carbonyl (C=O) groups is 2. The van der Waals surface area contributed by atoms with Crippen molar-refractivity contribution in [1.29, 1.82) is 0 Å². The third-order valence-corrected chi connectivity index (χ3v) is 3.62. The molecule has 2 aliphatic rings. The average molecular weight is 264 g/mol. The molecule has 0 aromatic carbocycles. The van der Waals surface area contributed by atoms with Gasteiger partial charge in [-0.05, 0) is 12.8 Å². The van der Waals surface area contributed by atoms with E-state index in [2.05, 4.69) is 15.3 Å². The fourth-order valence-electron chi connectivity index (χ4n) is 2.34. The highest BCUT2D eigenvalue weighted by Gasteiger charge is 2.36. The highest BCUT2D eigenvalue weighted by molar-refractivity contribution is 5.85. The summed E-state index contributed by atoms with van der Waals surface area (Å²) in [6.07, 6.45) is 4.00. The minimum Gasteiger partial charge on any atom is -0.480 e. The van der Waals surface area contributed by atoms with Gasteiger partial charge in [-0.2, -0.15) is 0 Å². The molecule has 0 saturated heterocycles. The van der Waals surface area contributed by atoms with Gasteiger partial charge in [0.05, 0.1) is 30.8 Å². The SMILES string of the molecule is O=C(O)C1Cc2nc[nH]c2CN1C(=O)CNC1CC1. The number of carbonyl (C=O) groups excluding carboxylic acids is 1. The molecule has 1 aliphatic heterocycles. The number of hydrogen-bond acceptors (Lipinski definition) is 4. The lowest BCUT2D eigenvalue weighted by Crippen LogP contribution is -2.51. The van der Waals surface area contributed by atoms with E-state index in [1.54, 1.807) is 6.33 Å². The normalized spacial score (nSPS) is 22.1. The van der Waals surface area contributed by atoms with Crippen molar-refractivity contribution >= 4 is 11.9 Å². The second-order valence-corrected chi connectivity index (χ2v) is 5.06. The quantitative estimate of drug-likeness (QED) is 0.681. The number of H-pyrrole nitrogens is 1. The molecule has 1 aromatic heterocycles. The summed E-state index contributed by atoms with van der Waals surface area (Å²) in [5, 5.41) is 12.4. The Bertz CT molecular complexity index is 509. The molecule has 1 saturated carbocycles. The van der Waals surface area contributed by atoms with E-state index in [1.807, 2.05) is 0 Å². The Hall–Kier alpha value is -1.89. The number of amides is 1. The molecule has 1 aliphatic carbocycles. The van der Waals surface area contributed by atoms with E-state index in [0.717, 1.165) is 24.2 Å². The molecular weight excluding hydrogens is 248 g/mol. The maximum Gasteiger partial charge on any atom is 0.326 e. The summed E-state index contributed by atoms with van der Waals surface area (Å²) >= 11 is 0. The van der Waals surface area contributed by atoms with Crippen LogP contribution in [0.1, 0.15) is 24.2 Å². The molecule has 7 nitrogen and oxygen atoms in total. The molecule has 1 atom stereocenters. The van der Waals surface area contributed by atoms with Gasteiger partial charge in [0, 0.05) is 12.5 Å². The average Bonchev–Trinajstić information content (AvgIpc) is 3.10. The molecular formula is C12H16N4O3. The Labute approximate surface area is 110 Å². The molecule has 1 aromatic rings. The lowest BCUT2D eigenvalue weighted by atomic mass is 10.0. The van der Waals surface area contributed by atoms with Crippen LogP contribution < -0.4 is 5.32 Å². The van der Waals surface area contributed by atoms with Crippen LogP contribution in [-0.2, 0) is 22.6 Å². The van der Waals surface area contributed by atoms with E-state index in [1.165, 1.54) is 4.90 Å². The van der Waals surface area contributed by atoms with E-state index < -0.39 is 12.0 Å². The summed E-state index contributed by atoms with van der Waals surface area (Å²) in [4.78, 5) is 31.9. The summed E-state index contributed by atoms with van der Waals surface area (Å²) in [7, 11) is 0. The second kappa shape index (κ2) is 4.65. The first kappa shape index (κ1) is 12.2. The molecule has 2 heterocycles. The maximum atomic E-state index is 12.1. The molecule has 1 fully saturated rings. The van der Waals surface area contributed by atoms with Crippen molar-refractivity contribution in [3.8, 4) is 0 Å². The second-order valence-electron chi connectivity index (χ2n) is 5.06. The molecule has 7 heteroatoms. The first-order valence-electron chi connectivity index (χ1n) is 6.42. The highest BCUT2D eigenvalue weighted by Crippen LogP contribution is 2.22. The van der Waals surface area contributed by atoms with Crippen LogP contribution in [-0.4, -0.2) is 50.5 Å². The van der Waals surface area contributed by atoms with Crippen LogP contribution in [0.15, 0.2) is 6.33 Å². The lowest BCUT2D eigenvalue weighted by molar-refractivity contribution is -0.151. The van der Waals surface area contributed by atoms with E-state index >= 15 is 0 Å². The Kier molecular flexibility index (Phi) is 2.98. The Morgan fingerprint density at radius 2 is 2.32 bits per heavy atom. The van der Waals surface area contributed by atoms with Crippen molar-refractivity contribution in [1.82, 2.24) is 20.2 Å². The van der Waals surface area contributed by atoms with Gasteiger partial charge in [-0.1, -0.05) is 0 Å². The number of nitrogens with zero attached hydrogens (tertiary/aromatic N) is 2. The number of aromatic amines is 1. The number of aliphatic carboxylic acids is 1. The maximum absolute atomic E-state index is 12.1. The lowest BCUT2D eigenvalue weighted by Gasteiger charge is -2.32. The van der Waals surface area contributed by atoms with Crippen LogP contribution in [0.25, 0.3) is 0 Å². The molecule has 19 heavy (non-hydrogen) atoms. The van der Waals surface area contributed by atoms with Gasteiger partial charge >= 0.3 is 5.97 Å². The van der Waals surface area contributed by atoms with Crippen LogP contribution >= 0.6 is 0 Å². The fraction of sp³-hybridized carbons (Fsp3) is 0.583. The number of fused-ring (bicyclic) bond motifs is 1. The van der Waals surface area contributed by atoms with Crippen molar-refractivity contribution in [2.45, 2.75) is 37.9 Å². The first-order valence-corrected chi connectivity index (χ1v) is 6.42. The third-order valence-electron chi connectivity index (χ3n) is 3.62. The zero-order valence-electron chi connectivity index (χ0n) is 10.4. The standard InChI is InChI=1S/C12H16N4O3/c17-11(4-13-7-1-2-7)16-5-9-8(14-6-15-9)3-10(16)12(18)19/h6-7,10,13H,1-5H2,(H,14,15)(H,18,19). The van der Waals surface area contributed by atoms with Crippen molar-refractivity contribution < 1.29 is 14.7 Å². The zero-order valence-corrected chi connectivity index (χ0v) is 10.4. The van der Waals surface area contributed by atoms with E-state index in [9.17, 15) is 14.7 Å². The molecule has 0 radical (unpaired) electrons. The molecule has 1 unspecified atom stereocenters. The largest absolute Gasteiger partial charge is 0.480 e. The van der Waals surface area contributed by atoms with Crippen molar-refractivity contribution in [2.24, 2.45) is 0 Å². The number of hydrogen-bond donors (Lipinski definition) is 3. The first-order chi connectivity index (χ1) is 9.15. The predicted octanol–water partition coefficient (Wildman–Crippen LogP) is -0.500. The summed E-state index contributed by atoms with van der Waals surface area (Å²) in [6, 6.07) is -0.385. The van der Waals surface area contributed by atoms with E-state index in [4.69, 9.17) is 0 Å². The van der Waals surface area contributed by atoms with Crippen molar-refractivity contribution in [2.75, 3.05) is 6.54 Å². The van der Waals surface area contributed by atoms with Gasteiger partial charge in [0.1, 0.15) is 6.04 Å². The van der Waals surface area contributed by atoms with Gasteiger partial charge in [-0.25, -0.2) is 9.78 Å². The molecule has 3 rings (SSSR count). The minimum absolute atomic E-state index is 0.167. The van der Waals surface area contributed by atoms with Crippen molar-refractivity contribution in [3.63, 3.8) is 0 Å². The Balaban J connectivity index is 1.73. The number of rotatable bonds is 4. The van der Waals surface area contributed by atoms with E-state index in [-0.39, 0.29) is 25.4 Å². The number of imidazole rings is 1. The molecule has 0 bridgehead atoms. The Morgan fingerprint density at radius 1 is 1.53 bits per heavy atom. The summed E-state index contributed by atoms with van der Waals surface area (Å²) in [5.74, 6) is -1.15. The van der Waals surface area contributed by atoms with Crippen LogP contribution in [0.4, 0.5) is 0 Å². The summed E-state index contributed by atoms with van der Waals surface area (Å²) in [5.41, 5.74) is 1.57. The predicted molar refractivity (Wildman–Crippen MR) is 65.3 cm³/mol. The number of carboxylic acids is 1. The van der Waals surface area contributed by atoms with Crippen LogP contribution in [0.3, 0.4) is 0 Å². The number of nitrogens with one attached hydrogen (secondary N) is 2. The third kappa shape index (κ3) is 2.46. The monoisotopic (exact) mass is 264 g/mol. The van der Waals surface area contributed by atoms with Crippen LogP contribution in [0, 0.1) is 0 Å². The van der Waals surface area contributed by atoms with E-state index in [0.29, 0.717) is 6.04 Å². The van der Waals surface area contributed by atoms with Crippen LogP contribution in [0.5, 0.6) is 0 Å². The fourth-order valence-corrected chi connectivity index (χ4v) is 2.34. The zero-order chi connectivity index (χ0) is 13.4.